The number of hydrogen-bond donors (Lipinski definition) is 2. The van der Waals surface area contributed by atoms with Crippen molar-refractivity contribution in [2.24, 2.45) is 5.73 Å². The van der Waals surface area contributed by atoms with Crippen LogP contribution in [0.4, 0.5) is 0 Å². The Labute approximate surface area is 121 Å². The average Bonchev–Trinajstić information content (AvgIpc) is 2.34. The fraction of sp³-hybridized carbons (Fsp3) is 0.846. The molecule has 19 heavy (non-hydrogen) atoms. The van der Waals surface area contributed by atoms with Crippen molar-refractivity contribution in [1.82, 2.24) is 10.2 Å². The van der Waals surface area contributed by atoms with Crippen LogP contribution in [0.25, 0.3) is 0 Å². The molecule has 6 heteroatoms. The summed E-state index contributed by atoms with van der Waals surface area (Å²) in [5.74, 6) is 0.276. The van der Waals surface area contributed by atoms with E-state index >= 15 is 0 Å². The Kier molecular flexibility index (Phi) is 9.61. The number of nitrogens with two attached hydrogens (primary N) is 1. The third-order valence-electron chi connectivity index (χ3n) is 3.35. The van der Waals surface area contributed by atoms with Gasteiger partial charge in [-0.1, -0.05) is 12.8 Å². The molecular formula is C13H26ClN3O2. The molecule has 0 saturated carbocycles. The van der Waals surface area contributed by atoms with E-state index in [9.17, 15) is 9.59 Å². The van der Waals surface area contributed by atoms with Crippen molar-refractivity contribution in [2.45, 2.75) is 51.0 Å². The van der Waals surface area contributed by atoms with Crippen molar-refractivity contribution in [3.8, 4) is 0 Å². The highest BCUT2D eigenvalue weighted by Gasteiger charge is 2.23. The molecule has 1 saturated heterocycles. The van der Waals surface area contributed by atoms with E-state index in [4.69, 9.17) is 5.73 Å². The third-order valence-corrected chi connectivity index (χ3v) is 3.35. The van der Waals surface area contributed by atoms with Gasteiger partial charge >= 0.3 is 0 Å². The molecule has 0 spiro atoms. The van der Waals surface area contributed by atoms with Gasteiger partial charge in [-0.05, 0) is 25.8 Å². The first kappa shape index (κ1) is 18.2. The summed E-state index contributed by atoms with van der Waals surface area (Å²) in [5, 5.41) is 3.00. The summed E-state index contributed by atoms with van der Waals surface area (Å²) in [4.78, 5) is 24.7. The van der Waals surface area contributed by atoms with Crippen LogP contribution in [0.1, 0.15) is 44.9 Å². The van der Waals surface area contributed by atoms with Crippen LogP contribution in [0, 0.1) is 0 Å². The zero-order chi connectivity index (χ0) is 13.4. The predicted octanol–water partition coefficient (Wildman–Crippen LogP) is 1.05. The zero-order valence-electron chi connectivity index (χ0n) is 11.7. The normalized spacial score (nSPS) is 18.9. The van der Waals surface area contributed by atoms with Crippen molar-refractivity contribution >= 4 is 24.2 Å². The Bertz CT molecular complexity index is 287. The second kappa shape index (κ2) is 10.0. The summed E-state index contributed by atoms with van der Waals surface area (Å²) in [7, 11) is 1.79. The Morgan fingerprint density at radius 2 is 2.05 bits per heavy atom. The highest BCUT2D eigenvalue weighted by Crippen LogP contribution is 2.10. The van der Waals surface area contributed by atoms with Gasteiger partial charge in [-0.25, -0.2) is 0 Å². The Morgan fingerprint density at radius 3 is 2.68 bits per heavy atom. The molecule has 1 atom stereocenters. The second-order valence-corrected chi connectivity index (χ2v) is 5.03. The summed E-state index contributed by atoms with van der Waals surface area (Å²) in [6.07, 6.45) is 6.02. The van der Waals surface area contributed by atoms with Crippen molar-refractivity contribution in [1.29, 1.82) is 0 Å². The number of nitrogens with one attached hydrogen (secondary N) is 1. The molecule has 1 fully saturated rings. The number of likely N-dealkylation sites (N-methyl/N-ethyl adjacent to an activating group) is 1. The van der Waals surface area contributed by atoms with Gasteiger partial charge in [0.2, 0.25) is 11.8 Å². The first-order chi connectivity index (χ1) is 8.63. The molecule has 5 nitrogen and oxygen atoms in total. The minimum atomic E-state index is 0. The molecule has 1 unspecified atom stereocenters. The Morgan fingerprint density at radius 1 is 1.37 bits per heavy atom. The minimum Gasteiger partial charge on any atom is -0.352 e. The number of nitrogens with zero attached hydrogens (tertiary/aromatic N) is 1. The van der Waals surface area contributed by atoms with E-state index in [0.29, 0.717) is 19.4 Å². The number of amides is 2. The van der Waals surface area contributed by atoms with E-state index in [2.05, 4.69) is 5.32 Å². The van der Waals surface area contributed by atoms with Crippen molar-refractivity contribution in [3.63, 3.8) is 0 Å². The van der Waals surface area contributed by atoms with Crippen molar-refractivity contribution < 1.29 is 9.59 Å². The van der Waals surface area contributed by atoms with Gasteiger partial charge in [0.05, 0.1) is 0 Å². The molecule has 0 bridgehead atoms. The topological polar surface area (TPSA) is 75.4 Å². The first-order valence-electron chi connectivity index (χ1n) is 6.87. The number of carbonyl (C=O) groups excluding carboxylic acids is 2. The van der Waals surface area contributed by atoms with Gasteiger partial charge in [-0.3, -0.25) is 9.59 Å². The molecule has 112 valence electrons. The van der Waals surface area contributed by atoms with E-state index in [-0.39, 0.29) is 30.3 Å². The van der Waals surface area contributed by atoms with Crippen LogP contribution in [0.5, 0.6) is 0 Å². The van der Waals surface area contributed by atoms with E-state index in [0.717, 1.165) is 38.6 Å². The van der Waals surface area contributed by atoms with Crippen LogP contribution in [0.3, 0.4) is 0 Å². The molecule has 3 N–H and O–H groups in total. The van der Waals surface area contributed by atoms with Gasteiger partial charge in [0.15, 0.2) is 0 Å². The molecule has 2 amide bonds. The van der Waals surface area contributed by atoms with E-state index < -0.39 is 0 Å². The zero-order valence-corrected chi connectivity index (χ0v) is 12.5. The molecule has 0 radical (unpaired) electrons. The number of rotatable bonds is 7. The van der Waals surface area contributed by atoms with Gasteiger partial charge in [0.25, 0.3) is 0 Å². The lowest BCUT2D eigenvalue weighted by Gasteiger charge is -2.30. The van der Waals surface area contributed by atoms with Crippen LogP contribution >= 0.6 is 12.4 Å². The molecular weight excluding hydrogens is 266 g/mol. The summed E-state index contributed by atoms with van der Waals surface area (Å²) < 4.78 is 0. The van der Waals surface area contributed by atoms with E-state index in [1.54, 1.807) is 11.9 Å². The molecule has 1 heterocycles. The van der Waals surface area contributed by atoms with Crippen LogP contribution < -0.4 is 11.1 Å². The number of piperidine rings is 1. The molecule has 0 aromatic carbocycles. The predicted molar refractivity (Wildman–Crippen MR) is 78.2 cm³/mol. The number of likely N-dealkylation sites (tertiary alicyclic amines) is 1. The highest BCUT2D eigenvalue weighted by molar-refractivity contribution is 5.85. The lowest BCUT2D eigenvalue weighted by atomic mass is 10.1. The first-order valence-corrected chi connectivity index (χ1v) is 6.87. The van der Waals surface area contributed by atoms with Gasteiger partial charge < -0.3 is 16.0 Å². The molecule has 0 aromatic rings. The summed E-state index contributed by atoms with van der Waals surface area (Å²) >= 11 is 0. The van der Waals surface area contributed by atoms with Gasteiger partial charge in [-0.15, -0.1) is 12.4 Å². The van der Waals surface area contributed by atoms with E-state index in [1.165, 1.54) is 0 Å². The lowest BCUT2D eigenvalue weighted by Crippen LogP contribution is -2.48. The highest BCUT2D eigenvalue weighted by atomic mass is 35.5. The quantitative estimate of drug-likeness (QED) is 0.689. The number of halogens is 1. The monoisotopic (exact) mass is 291 g/mol. The largest absolute Gasteiger partial charge is 0.352 e. The number of hydrogen-bond acceptors (Lipinski definition) is 3. The summed E-state index contributed by atoms with van der Waals surface area (Å²) in [6.45, 7) is 1.37. The van der Waals surface area contributed by atoms with Gasteiger partial charge in [-0.2, -0.15) is 0 Å². The maximum Gasteiger partial charge on any atom is 0.222 e. The van der Waals surface area contributed by atoms with Crippen LogP contribution in [0.2, 0.25) is 0 Å². The Hall–Kier alpha value is -0.810. The fourth-order valence-corrected chi connectivity index (χ4v) is 2.21. The molecule has 1 aliphatic heterocycles. The lowest BCUT2D eigenvalue weighted by molar-refractivity contribution is -0.134. The maximum absolute atomic E-state index is 11.7. The third kappa shape index (κ3) is 7.38. The molecule has 1 rings (SSSR count). The fourth-order valence-electron chi connectivity index (χ4n) is 2.21. The molecule has 1 aliphatic rings. The maximum atomic E-state index is 11.7. The van der Waals surface area contributed by atoms with Gasteiger partial charge in [0, 0.05) is 32.5 Å². The second-order valence-electron chi connectivity index (χ2n) is 5.03. The van der Waals surface area contributed by atoms with Crippen LogP contribution in [-0.2, 0) is 9.59 Å². The summed E-state index contributed by atoms with van der Waals surface area (Å²) in [5.41, 5.74) is 5.41. The van der Waals surface area contributed by atoms with Gasteiger partial charge in [0.1, 0.15) is 0 Å². The van der Waals surface area contributed by atoms with Crippen molar-refractivity contribution in [2.75, 3.05) is 20.1 Å². The minimum absolute atomic E-state index is 0. The number of carbonyl (C=O) groups is 2. The Balaban J connectivity index is 0.00000324. The average molecular weight is 292 g/mol. The van der Waals surface area contributed by atoms with Crippen LogP contribution in [0.15, 0.2) is 0 Å². The van der Waals surface area contributed by atoms with Crippen LogP contribution in [-0.4, -0.2) is 42.9 Å². The molecule has 0 aromatic heterocycles. The smallest absolute Gasteiger partial charge is 0.222 e. The SMILES string of the molecule is CN1CC(NC(=O)CCCCCCN)CCC1=O.Cl. The standard InChI is InChI=1S/C13H25N3O2.ClH/c1-16-10-11(7-8-13(16)18)15-12(17)6-4-2-3-5-9-14;/h11H,2-10,14H2,1H3,(H,15,17);1H. The number of unbranched alkanes of at least 4 members (excludes halogenated alkanes) is 3. The van der Waals surface area contributed by atoms with Crippen molar-refractivity contribution in [3.05, 3.63) is 0 Å². The summed E-state index contributed by atoms with van der Waals surface area (Å²) in [6, 6.07) is 0.129. The van der Waals surface area contributed by atoms with E-state index in [1.807, 2.05) is 0 Å². The molecule has 0 aliphatic carbocycles.